The molecule has 1 heterocycles. The van der Waals surface area contributed by atoms with E-state index >= 15 is 0 Å². The quantitative estimate of drug-likeness (QED) is 0.570. The van der Waals surface area contributed by atoms with Gasteiger partial charge in [0.2, 0.25) is 5.91 Å². The third-order valence-corrected chi connectivity index (χ3v) is 5.71. The summed E-state index contributed by atoms with van der Waals surface area (Å²) in [6, 6.07) is 0. The minimum atomic E-state index is 0.285. The van der Waals surface area contributed by atoms with E-state index in [0.29, 0.717) is 23.1 Å². The van der Waals surface area contributed by atoms with E-state index in [2.05, 4.69) is 28.6 Å². The molecule has 16 heavy (non-hydrogen) atoms. The van der Waals surface area contributed by atoms with Crippen LogP contribution in [0.5, 0.6) is 0 Å². The van der Waals surface area contributed by atoms with Gasteiger partial charge in [0.25, 0.3) is 0 Å². The van der Waals surface area contributed by atoms with Crippen LogP contribution in [0.4, 0.5) is 0 Å². The molecule has 0 aromatic heterocycles. The summed E-state index contributed by atoms with van der Waals surface area (Å²) < 4.78 is 0. The van der Waals surface area contributed by atoms with Crippen molar-refractivity contribution in [1.82, 2.24) is 4.90 Å². The number of hydrogen-bond donors (Lipinski definition) is 0. The maximum absolute atomic E-state index is 12.2. The Labute approximate surface area is 100 Å². The zero-order chi connectivity index (χ0) is 12.1. The Balaban J connectivity index is 2.29. The first-order valence-electron chi connectivity index (χ1n) is 6.52. The standard InChI is InChI=1S/C13H24BNO/c1-12(2)10-6-8-15(4)11(16)9(10)5-7-13(12,3)14/h9-10H,5-8,14H2,1-4H3. The number of rotatable bonds is 0. The lowest BCUT2D eigenvalue weighted by molar-refractivity contribution is -0.147. The number of fused-ring (bicyclic) bond motifs is 1. The third kappa shape index (κ3) is 1.51. The first kappa shape index (κ1) is 12.0. The van der Waals surface area contributed by atoms with Gasteiger partial charge in [0.05, 0.1) is 0 Å². The minimum Gasteiger partial charge on any atom is -0.346 e. The molecular formula is C13H24BNO. The molecule has 3 unspecified atom stereocenters. The number of carbonyl (C=O) groups is 1. The van der Waals surface area contributed by atoms with Crippen LogP contribution in [0.15, 0.2) is 0 Å². The molecule has 1 saturated carbocycles. The van der Waals surface area contributed by atoms with E-state index in [1.807, 2.05) is 11.9 Å². The fourth-order valence-corrected chi connectivity index (χ4v) is 3.63. The van der Waals surface area contributed by atoms with Crippen LogP contribution in [0.25, 0.3) is 0 Å². The molecule has 90 valence electrons. The van der Waals surface area contributed by atoms with Gasteiger partial charge in [-0.25, -0.2) is 0 Å². The first-order valence-corrected chi connectivity index (χ1v) is 6.52. The maximum atomic E-state index is 12.2. The van der Waals surface area contributed by atoms with Crippen molar-refractivity contribution in [3.63, 3.8) is 0 Å². The zero-order valence-corrected chi connectivity index (χ0v) is 11.3. The van der Waals surface area contributed by atoms with Crippen LogP contribution in [0, 0.1) is 17.3 Å². The number of nitrogens with zero attached hydrogens (tertiary/aromatic N) is 1. The summed E-state index contributed by atoms with van der Waals surface area (Å²) in [5.41, 5.74) is 0.285. The Morgan fingerprint density at radius 2 is 1.94 bits per heavy atom. The Hall–Kier alpha value is -0.465. The van der Waals surface area contributed by atoms with Crippen LogP contribution in [-0.4, -0.2) is 32.2 Å². The van der Waals surface area contributed by atoms with E-state index in [9.17, 15) is 4.79 Å². The van der Waals surface area contributed by atoms with Crippen LogP contribution in [0.2, 0.25) is 5.31 Å². The Morgan fingerprint density at radius 3 is 2.56 bits per heavy atom. The summed E-state index contributed by atoms with van der Waals surface area (Å²) >= 11 is 0. The normalized spacial score (nSPS) is 43.0. The molecule has 2 rings (SSSR count). The van der Waals surface area contributed by atoms with Crippen molar-refractivity contribution in [2.75, 3.05) is 13.6 Å². The SMILES string of the molecule is BC1(C)CCC2C(=O)N(C)CCC2C1(C)C. The molecular weight excluding hydrogens is 197 g/mol. The summed E-state index contributed by atoms with van der Waals surface area (Å²) in [7, 11) is 4.32. The van der Waals surface area contributed by atoms with Gasteiger partial charge < -0.3 is 4.90 Å². The average molecular weight is 221 g/mol. The van der Waals surface area contributed by atoms with Crippen LogP contribution in [-0.2, 0) is 4.79 Å². The second-order valence-electron chi connectivity index (χ2n) is 6.91. The molecule has 0 bridgehead atoms. The molecule has 0 spiro atoms. The molecule has 3 atom stereocenters. The average Bonchev–Trinajstić information content (AvgIpc) is 2.18. The van der Waals surface area contributed by atoms with Crippen molar-refractivity contribution in [3.8, 4) is 0 Å². The molecule has 0 radical (unpaired) electrons. The summed E-state index contributed by atoms with van der Waals surface area (Å²) in [6.45, 7) is 8.04. The highest BCUT2D eigenvalue weighted by molar-refractivity contribution is 6.15. The molecule has 0 N–H and O–H groups in total. The Morgan fingerprint density at radius 1 is 1.31 bits per heavy atom. The van der Waals surface area contributed by atoms with Gasteiger partial charge in [0, 0.05) is 19.5 Å². The molecule has 2 fully saturated rings. The van der Waals surface area contributed by atoms with Gasteiger partial charge in [-0.15, -0.1) is 0 Å². The van der Waals surface area contributed by atoms with Crippen molar-refractivity contribution in [2.24, 2.45) is 17.3 Å². The number of likely N-dealkylation sites (tertiary alicyclic amines) is 1. The van der Waals surface area contributed by atoms with Gasteiger partial charge in [-0.1, -0.05) is 32.5 Å². The van der Waals surface area contributed by atoms with E-state index in [4.69, 9.17) is 0 Å². The van der Waals surface area contributed by atoms with Crippen LogP contribution >= 0.6 is 0 Å². The van der Waals surface area contributed by atoms with Crippen molar-refractivity contribution in [3.05, 3.63) is 0 Å². The Kier molecular flexibility index (Phi) is 2.63. The highest BCUT2D eigenvalue weighted by Gasteiger charge is 2.52. The molecule has 2 nitrogen and oxygen atoms in total. The first-order chi connectivity index (χ1) is 7.27. The lowest BCUT2D eigenvalue weighted by atomic mass is 9.43. The van der Waals surface area contributed by atoms with Crippen LogP contribution < -0.4 is 0 Å². The van der Waals surface area contributed by atoms with Crippen molar-refractivity contribution in [2.45, 2.75) is 45.3 Å². The highest BCUT2D eigenvalue weighted by Crippen LogP contribution is 2.60. The van der Waals surface area contributed by atoms with Gasteiger partial charge in [0.15, 0.2) is 0 Å². The van der Waals surface area contributed by atoms with Crippen LogP contribution in [0.3, 0.4) is 0 Å². The topological polar surface area (TPSA) is 20.3 Å². The van der Waals surface area contributed by atoms with Gasteiger partial charge in [-0.05, 0) is 24.2 Å². The van der Waals surface area contributed by atoms with Gasteiger partial charge >= 0.3 is 0 Å². The molecule has 3 heteroatoms. The Bertz CT molecular complexity index is 311. The van der Waals surface area contributed by atoms with Gasteiger partial charge in [-0.3, -0.25) is 4.79 Å². The summed E-state index contributed by atoms with van der Waals surface area (Å²) in [5.74, 6) is 1.27. The summed E-state index contributed by atoms with van der Waals surface area (Å²) in [5, 5.41) is 0.365. The number of amides is 1. The summed E-state index contributed by atoms with van der Waals surface area (Å²) in [6.07, 6.45) is 3.45. The van der Waals surface area contributed by atoms with Crippen LogP contribution in [0.1, 0.15) is 40.0 Å². The molecule has 1 amide bonds. The zero-order valence-electron chi connectivity index (χ0n) is 11.3. The third-order valence-electron chi connectivity index (χ3n) is 5.71. The lowest BCUT2D eigenvalue weighted by Crippen LogP contribution is -2.53. The van der Waals surface area contributed by atoms with E-state index in [-0.39, 0.29) is 5.41 Å². The highest BCUT2D eigenvalue weighted by atomic mass is 16.2. The van der Waals surface area contributed by atoms with E-state index in [1.165, 1.54) is 12.8 Å². The van der Waals surface area contributed by atoms with Crippen molar-refractivity contribution in [1.29, 1.82) is 0 Å². The van der Waals surface area contributed by atoms with Crippen molar-refractivity contribution >= 4 is 13.8 Å². The van der Waals surface area contributed by atoms with E-state index in [0.717, 1.165) is 13.0 Å². The smallest absolute Gasteiger partial charge is 0.225 e. The van der Waals surface area contributed by atoms with Crippen molar-refractivity contribution < 1.29 is 4.79 Å². The maximum Gasteiger partial charge on any atom is 0.225 e. The molecule has 1 saturated heterocycles. The predicted molar refractivity (Wildman–Crippen MR) is 69.2 cm³/mol. The monoisotopic (exact) mass is 221 g/mol. The molecule has 1 aliphatic heterocycles. The summed E-state index contributed by atoms with van der Waals surface area (Å²) in [4.78, 5) is 14.1. The fraction of sp³-hybridized carbons (Fsp3) is 0.923. The fourth-order valence-electron chi connectivity index (χ4n) is 3.63. The van der Waals surface area contributed by atoms with Gasteiger partial charge in [-0.2, -0.15) is 0 Å². The second-order valence-corrected chi connectivity index (χ2v) is 6.91. The molecule has 1 aliphatic carbocycles. The lowest BCUT2D eigenvalue weighted by Gasteiger charge is -2.56. The predicted octanol–water partition coefficient (Wildman–Crippen LogP) is 1.71. The number of piperidine rings is 1. The second kappa shape index (κ2) is 3.51. The number of hydrogen-bond acceptors (Lipinski definition) is 1. The van der Waals surface area contributed by atoms with E-state index in [1.54, 1.807) is 0 Å². The number of carbonyl (C=O) groups excluding carboxylic acids is 1. The molecule has 0 aromatic carbocycles. The van der Waals surface area contributed by atoms with Gasteiger partial charge in [0.1, 0.15) is 7.85 Å². The molecule has 2 aliphatic rings. The van der Waals surface area contributed by atoms with E-state index < -0.39 is 0 Å². The minimum absolute atomic E-state index is 0.285. The molecule has 0 aromatic rings. The largest absolute Gasteiger partial charge is 0.346 e.